The lowest BCUT2D eigenvalue weighted by molar-refractivity contribution is -0.148. The van der Waals surface area contributed by atoms with E-state index in [2.05, 4.69) is 9.88 Å². The summed E-state index contributed by atoms with van der Waals surface area (Å²) in [5, 5.41) is 2.02. The van der Waals surface area contributed by atoms with Gasteiger partial charge in [-0.25, -0.2) is 4.98 Å². The van der Waals surface area contributed by atoms with Crippen molar-refractivity contribution >= 4 is 22.3 Å². The van der Waals surface area contributed by atoms with Crippen LogP contribution in [-0.4, -0.2) is 40.0 Å². The Hall–Kier alpha value is -1.40. The van der Waals surface area contributed by atoms with Crippen LogP contribution in [0.15, 0.2) is 17.8 Å². The van der Waals surface area contributed by atoms with Crippen LogP contribution in [0, 0.1) is 0 Å². The van der Waals surface area contributed by atoms with Gasteiger partial charge in [-0.1, -0.05) is 6.42 Å². The molecule has 19 heavy (non-hydrogen) atoms. The number of thiazole rings is 1. The Morgan fingerprint density at radius 1 is 1.58 bits per heavy atom. The summed E-state index contributed by atoms with van der Waals surface area (Å²) < 4.78 is 6.92. The van der Waals surface area contributed by atoms with Crippen molar-refractivity contribution in [3.8, 4) is 0 Å². The number of aromatic nitrogens is 2. The van der Waals surface area contributed by atoms with E-state index in [9.17, 15) is 4.79 Å². The van der Waals surface area contributed by atoms with Gasteiger partial charge in [0.15, 0.2) is 4.96 Å². The van der Waals surface area contributed by atoms with E-state index in [4.69, 9.17) is 4.74 Å². The molecule has 3 heterocycles. The second kappa shape index (κ2) is 5.30. The molecule has 2 aromatic rings. The lowest BCUT2D eigenvalue weighted by atomic mass is 10.0. The van der Waals surface area contributed by atoms with E-state index >= 15 is 0 Å². The summed E-state index contributed by atoms with van der Waals surface area (Å²) in [4.78, 5) is 19.6. The zero-order valence-electron chi connectivity index (χ0n) is 10.9. The Bertz CT molecular complexity index is 549. The van der Waals surface area contributed by atoms with Crippen molar-refractivity contribution < 1.29 is 9.53 Å². The smallest absolute Gasteiger partial charge is 0.323 e. The Morgan fingerprint density at radius 3 is 3.26 bits per heavy atom. The number of rotatable bonds is 3. The minimum Gasteiger partial charge on any atom is -0.468 e. The van der Waals surface area contributed by atoms with Gasteiger partial charge in [-0.05, 0) is 19.4 Å². The fraction of sp³-hybridized carbons (Fsp3) is 0.538. The molecule has 0 radical (unpaired) electrons. The van der Waals surface area contributed by atoms with Crippen LogP contribution < -0.4 is 0 Å². The predicted octanol–water partition coefficient (Wildman–Crippen LogP) is 1.92. The summed E-state index contributed by atoms with van der Waals surface area (Å²) in [6.07, 6.45) is 7.15. The topological polar surface area (TPSA) is 46.8 Å². The molecule has 0 bridgehead atoms. The molecule has 1 fully saturated rings. The minimum absolute atomic E-state index is 0.113. The molecule has 0 amide bonds. The lowest BCUT2D eigenvalue weighted by Crippen LogP contribution is -2.44. The fourth-order valence-electron chi connectivity index (χ4n) is 2.64. The molecule has 1 atom stereocenters. The van der Waals surface area contributed by atoms with Crippen LogP contribution in [0.1, 0.15) is 25.0 Å². The van der Waals surface area contributed by atoms with Crippen molar-refractivity contribution in [1.82, 2.24) is 14.3 Å². The number of carbonyl (C=O) groups is 1. The highest BCUT2D eigenvalue weighted by molar-refractivity contribution is 7.15. The first kappa shape index (κ1) is 12.6. The number of ether oxygens (including phenoxy) is 1. The predicted molar refractivity (Wildman–Crippen MR) is 73.1 cm³/mol. The zero-order valence-corrected chi connectivity index (χ0v) is 11.7. The van der Waals surface area contributed by atoms with E-state index in [1.165, 1.54) is 7.11 Å². The maximum absolute atomic E-state index is 11.8. The third kappa shape index (κ3) is 2.50. The summed E-state index contributed by atoms with van der Waals surface area (Å²) in [7, 11) is 1.46. The van der Waals surface area contributed by atoms with Gasteiger partial charge in [-0.15, -0.1) is 11.3 Å². The zero-order chi connectivity index (χ0) is 13.2. The molecule has 0 saturated carbocycles. The maximum Gasteiger partial charge on any atom is 0.323 e. The van der Waals surface area contributed by atoms with Crippen molar-refractivity contribution in [2.75, 3.05) is 13.7 Å². The quantitative estimate of drug-likeness (QED) is 0.805. The second-order valence-corrected chi connectivity index (χ2v) is 5.70. The van der Waals surface area contributed by atoms with Crippen LogP contribution in [0.25, 0.3) is 4.96 Å². The summed E-state index contributed by atoms with van der Waals surface area (Å²) in [5.74, 6) is -0.124. The Kier molecular flexibility index (Phi) is 3.52. The summed E-state index contributed by atoms with van der Waals surface area (Å²) in [6, 6.07) is -0.113. The molecule has 0 N–H and O–H groups in total. The van der Waals surface area contributed by atoms with E-state index in [-0.39, 0.29) is 12.0 Å². The minimum atomic E-state index is -0.124. The largest absolute Gasteiger partial charge is 0.468 e. The van der Waals surface area contributed by atoms with Crippen molar-refractivity contribution in [1.29, 1.82) is 0 Å². The molecule has 1 saturated heterocycles. The molecular weight excluding hydrogens is 262 g/mol. The summed E-state index contributed by atoms with van der Waals surface area (Å²) >= 11 is 1.62. The summed E-state index contributed by atoms with van der Waals surface area (Å²) in [6.45, 7) is 1.65. The number of methoxy groups -OCH3 is 1. The molecule has 1 aliphatic rings. The monoisotopic (exact) mass is 279 g/mol. The van der Waals surface area contributed by atoms with Gasteiger partial charge >= 0.3 is 5.97 Å². The number of imidazole rings is 1. The molecule has 0 aromatic carbocycles. The van der Waals surface area contributed by atoms with E-state index < -0.39 is 0 Å². The van der Waals surface area contributed by atoms with E-state index in [1.54, 1.807) is 11.3 Å². The molecular formula is C13H17N3O2S. The maximum atomic E-state index is 11.8. The van der Waals surface area contributed by atoms with Crippen LogP contribution in [0.3, 0.4) is 0 Å². The van der Waals surface area contributed by atoms with Crippen molar-refractivity contribution in [2.24, 2.45) is 0 Å². The molecule has 0 unspecified atom stereocenters. The SMILES string of the molecule is COC(=O)[C@H]1CCCCN1Cc1cn2ccsc2n1. The van der Waals surface area contributed by atoms with Gasteiger partial charge in [0.2, 0.25) is 0 Å². The van der Waals surface area contributed by atoms with E-state index in [1.807, 2.05) is 22.2 Å². The van der Waals surface area contributed by atoms with Gasteiger partial charge in [0.05, 0.1) is 12.8 Å². The highest BCUT2D eigenvalue weighted by atomic mass is 32.1. The highest BCUT2D eigenvalue weighted by Crippen LogP contribution is 2.21. The Balaban J connectivity index is 1.76. The van der Waals surface area contributed by atoms with E-state index in [0.29, 0.717) is 6.54 Å². The molecule has 1 aliphatic heterocycles. The highest BCUT2D eigenvalue weighted by Gasteiger charge is 2.29. The Labute approximate surface area is 115 Å². The van der Waals surface area contributed by atoms with Gasteiger partial charge in [0.1, 0.15) is 6.04 Å². The van der Waals surface area contributed by atoms with Crippen LogP contribution >= 0.6 is 11.3 Å². The normalized spacial score (nSPS) is 20.8. The molecule has 5 nitrogen and oxygen atoms in total. The standard InChI is InChI=1S/C13H17N3O2S/c1-18-12(17)11-4-2-3-5-15(11)8-10-9-16-6-7-19-13(16)14-10/h6-7,9,11H,2-5,8H2,1H3/t11-/m1/s1. The van der Waals surface area contributed by atoms with Gasteiger partial charge in [0, 0.05) is 24.3 Å². The van der Waals surface area contributed by atoms with Gasteiger partial charge in [-0.3, -0.25) is 14.1 Å². The molecule has 3 rings (SSSR count). The lowest BCUT2D eigenvalue weighted by Gasteiger charge is -2.33. The van der Waals surface area contributed by atoms with Crippen LogP contribution in [0.2, 0.25) is 0 Å². The fourth-order valence-corrected chi connectivity index (χ4v) is 3.36. The number of fused-ring (bicyclic) bond motifs is 1. The van der Waals surface area contributed by atoms with Gasteiger partial charge in [0.25, 0.3) is 0 Å². The van der Waals surface area contributed by atoms with Crippen molar-refractivity contribution in [3.63, 3.8) is 0 Å². The number of hydrogen-bond acceptors (Lipinski definition) is 5. The molecule has 0 aliphatic carbocycles. The third-order valence-corrected chi connectivity index (χ3v) is 4.37. The van der Waals surface area contributed by atoms with Crippen molar-refractivity contribution in [2.45, 2.75) is 31.8 Å². The number of likely N-dealkylation sites (tertiary alicyclic amines) is 1. The number of esters is 1. The number of carbonyl (C=O) groups excluding carboxylic acids is 1. The van der Waals surface area contributed by atoms with Gasteiger partial charge in [-0.2, -0.15) is 0 Å². The number of nitrogens with zero attached hydrogens (tertiary/aromatic N) is 3. The number of hydrogen-bond donors (Lipinski definition) is 0. The average Bonchev–Trinajstić information content (AvgIpc) is 2.99. The molecule has 2 aromatic heterocycles. The first-order valence-electron chi connectivity index (χ1n) is 6.51. The van der Waals surface area contributed by atoms with Crippen LogP contribution in [0.4, 0.5) is 0 Å². The van der Waals surface area contributed by atoms with Crippen LogP contribution in [0.5, 0.6) is 0 Å². The Morgan fingerprint density at radius 2 is 2.47 bits per heavy atom. The first-order valence-corrected chi connectivity index (χ1v) is 7.39. The van der Waals surface area contributed by atoms with Crippen molar-refractivity contribution in [3.05, 3.63) is 23.5 Å². The average molecular weight is 279 g/mol. The third-order valence-electron chi connectivity index (χ3n) is 3.60. The van der Waals surface area contributed by atoms with E-state index in [0.717, 1.165) is 36.5 Å². The summed E-state index contributed by atoms with van der Waals surface area (Å²) in [5.41, 5.74) is 1.02. The van der Waals surface area contributed by atoms with Gasteiger partial charge < -0.3 is 4.74 Å². The molecule has 6 heteroatoms. The number of piperidine rings is 1. The molecule has 102 valence electrons. The molecule has 0 spiro atoms. The first-order chi connectivity index (χ1) is 9.28. The van der Waals surface area contributed by atoms with Crippen LogP contribution in [-0.2, 0) is 16.1 Å². The second-order valence-electron chi connectivity index (χ2n) is 4.83.